The van der Waals surface area contributed by atoms with Crippen molar-refractivity contribution in [3.05, 3.63) is 18.2 Å². The first-order valence-corrected chi connectivity index (χ1v) is 4.96. The molecule has 4 heteroatoms. The fourth-order valence-electron chi connectivity index (χ4n) is 1.56. The van der Waals surface area contributed by atoms with Gasteiger partial charge >= 0.3 is 0 Å². The van der Waals surface area contributed by atoms with Crippen molar-refractivity contribution in [3.63, 3.8) is 0 Å². The second-order valence-electron chi connectivity index (χ2n) is 3.74. The van der Waals surface area contributed by atoms with Gasteiger partial charge in [-0.25, -0.2) is 9.37 Å². The first-order valence-electron chi connectivity index (χ1n) is 4.96. The highest BCUT2D eigenvalue weighted by atomic mass is 19.1. The summed E-state index contributed by atoms with van der Waals surface area (Å²) >= 11 is 0. The molecule has 1 aromatic heterocycles. The lowest BCUT2D eigenvalue weighted by atomic mass is 9.96. The lowest BCUT2D eigenvalue weighted by Crippen LogP contribution is -2.36. The van der Waals surface area contributed by atoms with Crippen molar-refractivity contribution in [2.45, 2.75) is 31.9 Å². The summed E-state index contributed by atoms with van der Waals surface area (Å²) in [5, 5.41) is 0. The average Bonchev–Trinajstić information content (AvgIpc) is 2.52. The Labute approximate surface area is 84.1 Å². The van der Waals surface area contributed by atoms with Gasteiger partial charge in [0.2, 0.25) is 0 Å². The smallest absolute Gasteiger partial charge is 0.130 e. The van der Waals surface area contributed by atoms with Gasteiger partial charge in [-0.2, -0.15) is 0 Å². The van der Waals surface area contributed by atoms with Gasteiger partial charge in [-0.15, -0.1) is 0 Å². The Bertz CT molecular complexity index is 285. The maximum absolute atomic E-state index is 14.1. The number of rotatable bonds is 5. The van der Waals surface area contributed by atoms with Crippen LogP contribution in [-0.2, 0) is 13.5 Å². The maximum Gasteiger partial charge on any atom is 0.130 e. The quantitative estimate of drug-likeness (QED) is 0.779. The standard InChI is InChI=1S/C10H18FN3/c1-3-4-10(11,8-12)7-9-13-5-6-14(9)2/h5-6H,3-4,7-8,12H2,1-2H3. The van der Waals surface area contributed by atoms with Crippen LogP contribution in [0.15, 0.2) is 12.4 Å². The molecule has 1 atom stereocenters. The van der Waals surface area contributed by atoms with Gasteiger partial charge in [0.15, 0.2) is 0 Å². The van der Waals surface area contributed by atoms with Crippen LogP contribution in [0.4, 0.5) is 4.39 Å². The average molecular weight is 199 g/mol. The molecule has 0 radical (unpaired) electrons. The molecule has 14 heavy (non-hydrogen) atoms. The summed E-state index contributed by atoms with van der Waals surface area (Å²) in [4.78, 5) is 4.10. The van der Waals surface area contributed by atoms with Crippen LogP contribution >= 0.6 is 0 Å². The fourth-order valence-corrected chi connectivity index (χ4v) is 1.56. The molecule has 0 aromatic carbocycles. The highest BCUT2D eigenvalue weighted by molar-refractivity contribution is 4.98. The monoisotopic (exact) mass is 199 g/mol. The van der Waals surface area contributed by atoms with Crippen LogP contribution in [0, 0.1) is 0 Å². The molecule has 0 saturated heterocycles. The predicted octanol–water partition coefficient (Wildman–Crippen LogP) is 1.43. The topological polar surface area (TPSA) is 43.8 Å². The summed E-state index contributed by atoms with van der Waals surface area (Å²) < 4.78 is 15.9. The first-order chi connectivity index (χ1) is 6.61. The number of hydrogen-bond donors (Lipinski definition) is 1. The normalized spacial score (nSPS) is 15.4. The Hall–Kier alpha value is -0.900. The largest absolute Gasteiger partial charge is 0.338 e. The summed E-state index contributed by atoms with van der Waals surface area (Å²) in [5.41, 5.74) is 4.15. The van der Waals surface area contributed by atoms with Gasteiger partial charge in [-0.05, 0) is 6.42 Å². The van der Waals surface area contributed by atoms with Crippen molar-refractivity contribution in [1.82, 2.24) is 9.55 Å². The minimum Gasteiger partial charge on any atom is -0.338 e. The Morgan fingerprint density at radius 3 is 2.79 bits per heavy atom. The molecule has 0 fully saturated rings. The lowest BCUT2D eigenvalue weighted by molar-refractivity contribution is 0.154. The van der Waals surface area contributed by atoms with Gasteiger partial charge in [0.05, 0.1) is 0 Å². The number of aromatic nitrogens is 2. The Morgan fingerprint density at radius 1 is 1.64 bits per heavy atom. The fraction of sp³-hybridized carbons (Fsp3) is 0.700. The predicted molar refractivity (Wildman–Crippen MR) is 54.7 cm³/mol. The van der Waals surface area contributed by atoms with Crippen LogP contribution in [0.2, 0.25) is 0 Å². The highest BCUT2D eigenvalue weighted by Gasteiger charge is 2.28. The van der Waals surface area contributed by atoms with Crippen LogP contribution < -0.4 is 5.73 Å². The number of nitrogens with two attached hydrogens (primary N) is 1. The van der Waals surface area contributed by atoms with Crippen molar-refractivity contribution in [2.75, 3.05) is 6.54 Å². The number of halogens is 1. The van der Waals surface area contributed by atoms with E-state index in [0.29, 0.717) is 12.8 Å². The minimum absolute atomic E-state index is 0.0632. The molecule has 1 heterocycles. The van der Waals surface area contributed by atoms with E-state index in [2.05, 4.69) is 4.98 Å². The Morgan fingerprint density at radius 2 is 2.36 bits per heavy atom. The number of hydrogen-bond acceptors (Lipinski definition) is 2. The third-order valence-corrected chi connectivity index (χ3v) is 2.46. The second kappa shape index (κ2) is 4.55. The first kappa shape index (κ1) is 11.2. The summed E-state index contributed by atoms with van der Waals surface area (Å²) in [6.45, 7) is 2.02. The van der Waals surface area contributed by atoms with Gasteiger partial charge in [0.25, 0.3) is 0 Å². The van der Waals surface area contributed by atoms with E-state index >= 15 is 0 Å². The molecule has 80 valence electrons. The molecular formula is C10H18FN3. The van der Waals surface area contributed by atoms with E-state index in [4.69, 9.17) is 5.73 Å². The highest BCUT2D eigenvalue weighted by Crippen LogP contribution is 2.21. The van der Waals surface area contributed by atoms with E-state index in [0.717, 1.165) is 12.2 Å². The zero-order valence-electron chi connectivity index (χ0n) is 8.83. The Kier molecular flexibility index (Phi) is 3.63. The van der Waals surface area contributed by atoms with Gasteiger partial charge in [0, 0.05) is 32.4 Å². The minimum atomic E-state index is -1.30. The summed E-state index contributed by atoms with van der Waals surface area (Å²) in [7, 11) is 1.87. The van der Waals surface area contributed by atoms with Crippen LogP contribution in [-0.4, -0.2) is 21.8 Å². The molecular weight excluding hydrogens is 181 g/mol. The zero-order chi connectivity index (χ0) is 10.6. The van der Waals surface area contributed by atoms with E-state index in [1.807, 2.05) is 24.7 Å². The van der Waals surface area contributed by atoms with Crippen molar-refractivity contribution in [1.29, 1.82) is 0 Å². The number of nitrogens with zero attached hydrogens (tertiary/aromatic N) is 2. The van der Waals surface area contributed by atoms with Crippen LogP contribution in [0.3, 0.4) is 0 Å². The lowest BCUT2D eigenvalue weighted by Gasteiger charge is -2.22. The number of imidazole rings is 1. The molecule has 2 N–H and O–H groups in total. The van der Waals surface area contributed by atoms with Crippen LogP contribution in [0.1, 0.15) is 25.6 Å². The molecule has 1 aromatic rings. The zero-order valence-corrected chi connectivity index (χ0v) is 8.83. The molecule has 0 aliphatic carbocycles. The van der Waals surface area contributed by atoms with E-state index in [1.165, 1.54) is 0 Å². The Balaban J connectivity index is 2.69. The molecule has 0 aliphatic rings. The SMILES string of the molecule is CCCC(F)(CN)Cc1nccn1C. The van der Waals surface area contributed by atoms with E-state index in [1.54, 1.807) is 6.20 Å². The summed E-state index contributed by atoms with van der Waals surface area (Å²) in [6.07, 6.45) is 5.10. The molecule has 0 spiro atoms. The van der Waals surface area contributed by atoms with Crippen molar-refractivity contribution < 1.29 is 4.39 Å². The summed E-state index contributed by atoms with van der Waals surface area (Å²) in [5.74, 6) is 0.756. The van der Waals surface area contributed by atoms with Gasteiger partial charge in [-0.3, -0.25) is 0 Å². The molecule has 0 saturated carbocycles. The van der Waals surface area contributed by atoms with E-state index < -0.39 is 5.67 Å². The van der Waals surface area contributed by atoms with E-state index in [-0.39, 0.29) is 6.54 Å². The second-order valence-corrected chi connectivity index (χ2v) is 3.74. The van der Waals surface area contributed by atoms with Gasteiger partial charge in [0.1, 0.15) is 11.5 Å². The maximum atomic E-state index is 14.1. The number of aryl methyl sites for hydroxylation is 1. The molecule has 0 aliphatic heterocycles. The van der Waals surface area contributed by atoms with Gasteiger partial charge in [-0.1, -0.05) is 13.3 Å². The van der Waals surface area contributed by atoms with Gasteiger partial charge < -0.3 is 10.3 Å². The third kappa shape index (κ3) is 2.54. The van der Waals surface area contributed by atoms with Crippen molar-refractivity contribution in [3.8, 4) is 0 Å². The molecule has 3 nitrogen and oxygen atoms in total. The van der Waals surface area contributed by atoms with Crippen molar-refractivity contribution in [2.24, 2.45) is 12.8 Å². The molecule has 0 amide bonds. The van der Waals surface area contributed by atoms with E-state index in [9.17, 15) is 4.39 Å². The summed E-state index contributed by atoms with van der Waals surface area (Å²) in [6, 6.07) is 0. The van der Waals surface area contributed by atoms with Crippen molar-refractivity contribution >= 4 is 0 Å². The number of alkyl halides is 1. The molecule has 1 rings (SSSR count). The molecule has 0 bridgehead atoms. The molecule has 1 unspecified atom stereocenters. The third-order valence-electron chi connectivity index (χ3n) is 2.46. The van der Waals surface area contributed by atoms with Crippen LogP contribution in [0.5, 0.6) is 0 Å². The van der Waals surface area contributed by atoms with Crippen LogP contribution in [0.25, 0.3) is 0 Å².